The first kappa shape index (κ1) is 13.9. The fourth-order valence-electron chi connectivity index (χ4n) is 1.57. The molecule has 5 heteroatoms. The molecular weight excluding hydrogens is 220 g/mol. The molecule has 0 amide bonds. The lowest BCUT2D eigenvalue weighted by molar-refractivity contribution is 0.0878. The molecule has 0 spiro atoms. The van der Waals surface area contributed by atoms with Crippen molar-refractivity contribution < 1.29 is 14.9 Å². The minimum absolute atomic E-state index is 0.219. The maximum atomic E-state index is 9.59. The number of ether oxygens (including phenoxy) is 1. The maximum absolute atomic E-state index is 9.59. The molecule has 0 aliphatic heterocycles. The molecule has 0 radical (unpaired) electrons. The van der Waals surface area contributed by atoms with Gasteiger partial charge in [-0.25, -0.2) is 9.97 Å². The van der Waals surface area contributed by atoms with E-state index in [1.165, 1.54) is 0 Å². The van der Waals surface area contributed by atoms with Crippen LogP contribution in [0.2, 0.25) is 0 Å². The van der Waals surface area contributed by atoms with E-state index in [0.717, 1.165) is 5.69 Å². The van der Waals surface area contributed by atoms with Crippen LogP contribution in [-0.2, 0) is 5.41 Å². The van der Waals surface area contributed by atoms with Crippen LogP contribution in [-0.4, -0.2) is 33.9 Å². The number of nitrogens with zero attached hydrogens (tertiary/aromatic N) is 2. The van der Waals surface area contributed by atoms with Crippen molar-refractivity contribution in [2.24, 2.45) is 0 Å². The van der Waals surface area contributed by atoms with Gasteiger partial charge in [-0.2, -0.15) is 0 Å². The van der Waals surface area contributed by atoms with Crippen molar-refractivity contribution in [3.8, 4) is 5.75 Å². The number of aliphatic hydroxyl groups is 2. The first-order valence-corrected chi connectivity index (χ1v) is 5.53. The zero-order valence-electron chi connectivity index (χ0n) is 11.0. The van der Waals surface area contributed by atoms with E-state index in [-0.39, 0.29) is 11.2 Å². The van der Waals surface area contributed by atoms with Crippen LogP contribution in [0.1, 0.15) is 44.1 Å². The highest BCUT2D eigenvalue weighted by molar-refractivity contribution is 5.37. The van der Waals surface area contributed by atoms with Gasteiger partial charge in [0.05, 0.1) is 25.1 Å². The van der Waals surface area contributed by atoms with Crippen molar-refractivity contribution in [3.05, 3.63) is 17.2 Å². The second-order valence-corrected chi connectivity index (χ2v) is 5.00. The highest BCUT2D eigenvalue weighted by atomic mass is 16.5. The van der Waals surface area contributed by atoms with E-state index in [9.17, 15) is 5.11 Å². The average molecular weight is 240 g/mol. The van der Waals surface area contributed by atoms with E-state index in [1.807, 2.05) is 20.8 Å². The molecule has 5 nitrogen and oxygen atoms in total. The van der Waals surface area contributed by atoms with E-state index < -0.39 is 12.7 Å². The summed E-state index contributed by atoms with van der Waals surface area (Å²) >= 11 is 0. The summed E-state index contributed by atoms with van der Waals surface area (Å²) in [5.74, 6) is 0.863. The van der Waals surface area contributed by atoms with Gasteiger partial charge < -0.3 is 14.9 Å². The van der Waals surface area contributed by atoms with Gasteiger partial charge in [0.25, 0.3) is 0 Å². The van der Waals surface area contributed by atoms with Crippen LogP contribution < -0.4 is 4.74 Å². The normalized spacial score (nSPS) is 13.6. The third kappa shape index (κ3) is 2.92. The molecule has 0 aliphatic carbocycles. The molecule has 96 valence electrons. The van der Waals surface area contributed by atoms with E-state index in [1.54, 1.807) is 14.0 Å². The molecule has 0 aliphatic rings. The summed E-state index contributed by atoms with van der Waals surface area (Å²) in [7, 11) is 1.57. The molecule has 0 bridgehead atoms. The number of aromatic nitrogens is 2. The molecule has 1 unspecified atom stereocenters. The third-order valence-electron chi connectivity index (χ3n) is 2.44. The number of hydrogen-bond acceptors (Lipinski definition) is 5. The fraction of sp³-hybridized carbons (Fsp3) is 0.667. The highest BCUT2D eigenvalue weighted by Gasteiger charge is 2.25. The predicted octanol–water partition coefficient (Wildman–Crippen LogP) is 1.12. The molecule has 1 aromatic heterocycles. The summed E-state index contributed by atoms with van der Waals surface area (Å²) in [4.78, 5) is 8.44. The fourth-order valence-corrected chi connectivity index (χ4v) is 1.57. The molecule has 17 heavy (non-hydrogen) atoms. The smallest absolute Gasteiger partial charge is 0.162 e. The lowest BCUT2D eigenvalue weighted by Gasteiger charge is -2.23. The van der Waals surface area contributed by atoms with Crippen LogP contribution in [0.5, 0.6) is 5.75 Å². The van der Waals surface area contributed by atoms with Gasteiger partial charge in [0.1, 0.15) is 6.10 Å². The molecular formula is C12H20N2O3. The minimum atomic E-state index is -1.05. The zero-order valence-corrected chi connectivity index (χ0v) is 11.0. The summed E-state index contributed by atoms with van der Waals surface area (Å²) < 4.78 is 5.30. The van der Waals surface area contributed by atoms with Gasteiger partial charge in [0.2, 0.25) is 0 Å². The summed E-state index contributed by atoms with van der Waals surface area (Å²) in [6.07, 6.45) is -1.05. The molecule has 0 saturated carbocycles. The highest BCUT2D eigenvalue weighted by Crippen LogP contribution is 2.32. The number of aryl methyl sites for hydroxylation is 1. The maximum Gasteiger partial charge on any atom is 0.162 e. The lowest BCUT2D eigenvalue weighted by atomic mass is 9.90. The van der Waals surface area contributed by atoms with Gasteiger partial charge in [-0.15, -0.1) is 0 Å². The predicted molar refractivity (Wildman–Crippen MR) is 64.1 cm³/mol. The monoisotopic (exact) mass is 240 g/mol. The van der Waals surface area contributed by atoms with E-state index >= 15 is 0 Å². The zero-order chi connectivity index (χ0) is 13.2. The molecule has 1 aromatic rings. The summed E-state index contributed by atoms with van der Waals surface area (Å²) in [5.41, 5.74) is 1.17. The average Bonchev–Trinajstić information content (AvgIpc) is 2.25. The standard InChI is InChI=1S/C12H20N2O3/c1-7-9(17-5)10(12(2,3)4)14-11(13-7)8(16)6-15/h8,15-16H,6H2,1-5H3. The van der Waals surface area contributed by atoms with Crippen molar-refractivity contribution >= 4 is 0 Å². The molecule has 0 aromatic carbocycles. The molecule has 1 rings (SSSR count). The van der Waals surface area contributed by atoms with Gasteiger partial charge in [0, 0.05) is 5.41 Å². The van der Waals surface area contributed by atoms with Gasteiger partial charge in [0.15, 0.2) is 11.6 Å². The molecule has 0 fully saturated rings. The Balaban J connectivity index is 3.39. The van der Waals surface area contributed by atoms with Crippen LogP contribution in [0.15, 0.2) is 0 Å². The first-order valence-electron chi connectivity index (χ1n) is 5.53. The number of aliphatic hydroxyl groups excluding tert-OH is 2. The second-order valence-electron chi connectivity index (χ2n) is 5.00. The largest absolute Gasteiger partial charge is 0.493 e. The van der Waals surface area contributed by atoms with Gasteiger partial charge >= 0.3 is 0 Å². The van der Waals surface area contributed by atoms with Crippen LogP contribution >= 0.6 is 0 Å². The quantitative estimate of drug-likeness (QED) is 0.828. The molecule has 2 N–H and O–H groups in total. The van der Waals surface area contributed by atoms with E-state index in [4.69, 9.17) is 9.84 Å². The Morgan fingerprint density at radius 3 is 2.29 bits per heavy atom. The van der Waals surface area contributed by atoms with Crippen molar-refractivity contribution in [1.82, 2.24) is 9.97 Å². The summed E-state index contributed by atoms with van der Waals surface area (Å²) in [5, 5.41) is 18.5. The summed E-state index contributed by atoms with van der Waals surface area (Å²) in [6, 6.07) is 0. The molecule has 1 heterocycles. The number of rotatable bonds is 3. The van der Waals surface area contributed by atoms with Gasteiger partial charge in [-0.1, -0.05) is 20.8 Å². The van der Waals surface area contributed by atoms with Gasteiger partial charge in [-0.05, 0) is 6.92 Å². The lowest BCUT2D eigenvalue weighted by Crippen LogP contribution is -2.20. The summed E-state index contributed by atoms with van der Waals surface area (Å²) in [6.45, 7) is 7.42. The number of methoxy groups -OCH3 is 1. The van der Waals surface area contributed by atoms with Crippen LogP contribution in [0, 0.1) is 6.92 Å². The van der Waals surface area contributed by atoms with Crippen molar-refractivity contribution in [3.63, 3.8) is 0 Å². The Kier molecular flexibility index (Phi) is 4.06. The minimum Gasteiger partial charge on any atom is -0.493 e. The first-order chi connectivity index (χ1) is 7.81. The Hall–Kier alpha value is -1.20. The van der Waals surface area contributed by atoms with Gasteiger partial charge in [-0.3, -0.25) is 0 Å². The van der Waals surface area contributed by atoms with Crippen molar-refractivity contribution in [2.45, 2.75) is 39.2 Å². The van der Waals surface area contributed by atoms with E-state index in [0.29, 0.717) is 11.4 Å². The number of hydrogen-bond donors (Lipinski definition) is 2. The van der Waals surface area contributed by atoms with Crippen LogP contribution in [0.4, 0.5) is 0 Å². The van der Waals surface area contributed by atoms with Crippen LogP contribution in [0.25, 0.3) is 0 Å². The molecule has 0 saturated heterocycles. The topological polar surface area (TPSA) is 75.5 Å². The Morgan fingerprint density at radius 2 is 1.88 bits per heavy atom. The third-order valence-corrected chi connectivity index (χ3v) is 2.44. The Morgan fingerprint density at radius 1 is 1.29 bits per heavy atom. The van der Waals surface area contributed by atoms with E-state index in [2.05, 4.69) is 9.97 Å². The van der Waals surface area contributed by atoms with Crippen LogP contribution in [0.3, 0.4) is 0 Å². The Bertz CT molecular complexity index is 399. The van der Waals surface area contributed by atoms with Crippen molar-refractivity contribution in [2.75, 3.05) is 13.7 Å². The second kappa shape index (κ2) is 4.98. The molecule has 1 atom stereocenters. The van der Waals surface area contributed by atoms with Crippen molar-refractivity contribution in [1.29, 1.82) is 0 Å². The Labute approximate surface area is 101 Å². The SMILES string of the molecule is COc1c(C)nc(C(O)CO)nc1C(C)(C)C.